The molecule has 1 nitrogen and oxygen atoms in total. The van der Waals surface area contributed by atoms with E-state index in [0.717, 1.165) is 24.3 Å². The third-order valence-corrected chi connectivity index (χ3v) is 4.59. The Morgan fingerprint density at radius 3 is 2.56 bits per heavy atom. The number of hydrogen-bond acceptors (Lipinski definition) is 1. The Balaban J connectivity index is 1.98. The molecule has 0 bridgehead atoms. The first kappa shape index (κ1) is 13.6. The number of benzene rings is 1. The Morgan fingerprint density at radius 1 is 1.11 bits per heavy atom. The van der Waals surface area contributed by atoms with Crippen LogP contribution in [-0.2, 0) is 6.42 Å². The number of hydrogen-bond donors (Lipinski definition) is 1. The van der Waals surface area contributed by atoms with E-state index in [-0.39, 0.29) is 0 Å². The highest BCUT2D eigenvalue weighted by Gasteiger charge is 2.29. The van der Waals surface area contributed by atoms with Gasteiger partial charge in [-0.3, -0.25) is 0 Å². The largest absolute Gasteiger partial charge is 0.330 e. The third kappa shape index (κ3) is 3.58. The van der Waals surface area contributed by atoms with Crippen LogP contribution in [0.5, 0.6) is 0 Å². The molecular formula is C17H27N. The molecule has 0 saturated heterocycles. The van der Waals surface area contributed by atoms with Crippen LogP contribution in [0, 0.1) is 17.8 Å². The van der Waals surface area contributed by atoms with Crippen LogP contribution in [0.2, 0.25) is 0 Å². The SMILES string of the molecule is CCCC1CCC(CN)C(Cc2ccccc2)C1. The van der Waals surface area contributed by atoms with Gasteiger partial charge in [-0.1, -0.05) is 56.5 Å². The molecule has 0 heterocycles. The normalized spacial score (nSPS) is 28.2. The van der Waals surface area contributed by atoms with Crippen molar-refractivity contribution in [1.29, 1.82) is 0 Å². The Hall–Kier alpha value is -0.820. The molecule has 0 aliphatic heterocycles. The zero-order valence-electron chi connectivity index (χ0n) is 11.6. The quantitative estimate of drug-likeness (QED) is 0.833. The lowest BCUT2D eigenvalue weighted by molar-refractivity contribution is 0.175. The Labute approximate surface area is 112 Å². The predicted molar refractivity (Wildman–Crippen MR) is 78.4 cm³/mol. The van der Waals surface area contributed by atoms with Crippen LogP contribution in [0.3, 0.4) is 0 Å². The van der Waals surface area contributed by atoms with E-state index in [0.29, 0.717) is 0 Å². The molecule has 0 amide bonds. The molecule has 1 heteroatoms. The van der Waals surface area contributed by atoms with Gasteiger partial charge in [0.05, 0.1) is 0 Å². The Bertz CT molecular complexity index is 333. The summed E-state index contributed by atoms with van der Waals surface area (Å²) >= 11 is 0. The van der Waals surface area contributed by atoms with Gasteiger partial charge in [-0.2, -0.15) is 0 Å². The zero-order chi connectivity index (χ0) is 12.8. The minimum atomic E-state index is 0.748. The van der Waals surface area contributed by atoms with Crippen LogP contribution in [0.25, 0.3) is 0 Å². The fourth-order valence-electron chi connectivity index (χ4n) is 3.57. The molecule has 1 saturated carbocycles. The maximum Gasteiger partial charge on any atom is -0.00461 e. The monoisotopic (exact) mass is 245 g/mol. The lowest BCUT2D eigenvalue weighted by Gasteiger charge is -2.36. The van der Waals surface area contributed by atoms with Gasteiger partial charge in [0.2, 0.25) is 0 Å². The molecule has 100 valence electrons. The van der Waals surface area contributed by atoms with E-state index in [1.165, 1.54) is 44.1 Å². The summed E-state index contributed by atoms with van der Waals surface area (Å²) in [5.41, 5.74) is 7.45. The lowest BCUT2D eigenvalue weighted by atomic mass is 9.70. The second-order valence-corrected chi connectivity index (χ2v) is 5.91. The maximum absolute atomic E-state index is 5.97. The first-order valence-electron chi connectivity index (χ1n) is 7.57. The van der Waals surface area contributed by atoms with Gasteiger partial charge in [-0.05, 0) is 49.1 Å². The molecule has 1 fully saturated rings. The molecular weight excluding hydrogens is 218 g/mol. The summed E-state index contributed by atoms with van der Waals surface area (Å²) in [5, 5.41) is 0. The van der Waals surface area contributed by atoms with Crippen molar-refractivity contribution in [2.24, 2.45) is 23.5 Å². The van der Waals surface area contributed by atoms with Gasteiger partial charge in [0.1, 0.15) is 0 Å². The zero-order valence-corrected chi connectivity index (χ0v) is 11.6. The van der Waals surface area contributed by atoms with Crippen LogP contribution in [0.4, 0.5) is 0 Å². The van der Waals surface area contributed by atoms with Crippen molar-refractivity contribution in [2.45, 2.75) is 45.4 Å². The molecule has 18 heavy (non-hydrogen) atoms. The van der Waals surface area contributed by atoms with Gasteiger partial charge < -0.3 is 5.73 Å². The Morgan fingerprint density at radius 2 is 1.89 bits per heavy atom. The lowest BCUT2D eigenvalue weighted by Crippen LogP contribution is -2.31. The topological polar surface area (TPSA) is 26.0 Å². The smallest absolute Gasteiger partial charge is 0.00461 e. The van der Waals surface area contributed by atoms with Gasteiger partial charge >= 0.3 is 0 Å². The first-order valence-corrected chi connectivity index (χ1v) is 7.57. The maximum atomic E-state index is 5.97. The highest BCUT2D eigenvalue weighted by molar-refractivity contribution is 5.15. The third-order valence-electron chi connectivity index (χ3n) is 4.59. The van der Waals surface area contributed by atoms with Crippen molar-refractivity contribution in [2.75, 3.05) is 6.54 Å². The molecule has 0 spiro atoms. The molecule has 1 aromatic carbocycles. The van der Waals surface area contributed by atoms with Crippen molar-refractivity contribution in [1.82, 2.24) is 0 Å². The molecule has 3 atom stereocenters. The van der Waals surface area contributed by atoms with Gasteiger partial charge in [0, 0.05) is 0 Å². The predicted octanol–water partition coefficient (Wildman–Crippen LogP) is 4.02. The second kappa shape index (κ2) is 6.94. The summed E-state index contributed by atoms with van der Waals surface area (Å²) < 4.78 is 0. The molecule has 2 rings (SSSR count). The number of rotatable bonds is 5. The average molecular weight is 245 g/mol. The van der Waals surface area contributed by atoms with Crippen molar-refractivity contribution in [3.05, 3.63) is 35.9 Å². The summed E-state index contributed by atoms with van der Waals surface area (Å²) in [6.07, 6.45) is 8.10. The molecule has 0 radical (unpaired) electrons. The standard InChI is InChI=1S/C17H27N/c1-2-6-14-9-10-16(13-18)17(11-14)12-15-7-4-3-5-8-15/h3-5,7-8,14,16-17H,2,6,9-13,18H2,1H3. The van der Waals surface area contributed by atoms with E-state index in [2.05, 4.69) is 37.3 Å². The number of nitrogens with two attached hydrogens (primary N) is 1. The van der Waals surface area contributed by atoms with Gasteiger partial charge in [0.25, 0.3) is 0 Å². The summed E-state index contributed by atoms with van der Waals surface area (Å²) in [4.78, 5) is 0. The summed E-state index contributed by atoms with van der Waals surface area (Å²) in [7, 11) is 0. The van der Waals surface area contributed by atoms with E-state index in [1.54, 1.807) is 0 Å². The minimum Gasteiger partial charge on any atom is -0.330 e. The van der Waals surface area contributed by atoms with Crippen LogP contribution >= 0.6 is 0 Å². The fourth-order valence-corrected chi connectivity index (χ4v) is 3.57. The average Bonchev–Trinajstić information content (AvgIpc) is 2.41. The molecule has 1 aliphatic rings. The summed E-state index contributed by atoms with van der Waals surface area (Å²) in [6.45, 7) is 3.18. The highest BCUT2D eigenvalue weighted by Crippen LogP contribution is 2.37. The van der Waals surface area contributed by atoms with Gasteiger partial charge in [0.15, 0.2) is 0 Å². The van der Waals surface area contributed by atoms with Gasteiger partial charge in [-0.25, -0.2) is 0 Å². The molecule has 3 unspecified atom stereocenters. The molecule has 2 N–H and O–H groups in total. The second-order valence-electron chi connectivity index (χ2n) is 5.91. The van der Waals surface area contributed by atoms with E-state index in [4.69, 9.17) is 5.73 Å². The minimum absolute atomic E-state index is 0.748. The first-order chi connectivity index (χ1) is 8.83. The van der Waals surface area contributed by atoms with E-state index in [1.807, 2.05) is 0 Å². The highest BCUT2D eigenvalue weighted by atomic mass is 14.6. The van der Waals surface area contributed by atoms with Crippen molar-refractivity contribution in [3.8, 4) is 0 Å². The van der Waals surface area contributed by atoms with Crippen LogP contribution in [-0.4, -0.2) is 6.54 Å². The molecule has 1 aliphatic carbocycles. The summed E-state index contributed by atoms with van der Waals surface area (Å²) in [6, 6.07) is 10.9. The van der Waals surface area contributed by atoms with Crippen molar-refractivity contribution >= 4 is 0 Å². The van der Waals surface area contributed by atoms with Crippen molar-refractivity contribution in [3.63, 3.8) is 0 Å². The molecule has 1 aromatic rings. The van der Waals surface area contributed by atoms with Crippen LogP contribution in [0.1, 0.15) is 44.6 Å². The Kier molecular flexibility index (Phi) is 5.25. The van der Waals surface area contributed by atoms with Gasteiger partial charge in [-0.15, -0.1) is 0 Å². The van der Waals surface area contributed by atoms with E-state index in [9.17, 15) is 0 Å². The van der Waals surface area contributed by atoms with E-state index < -0.39 is 0 Å². The van der Waals surface area contributed by atoms with Crippen LogP contribution < -0.4 is 5.73 Å². The summed E-state index contributed by atoms with van der Waals surface area (Å²) in [5.74, 6) is 2.51. The molecule has 0 aromatic heterocycles. The van der Waals surface area contributed by atoms with Crippen molar-refractivity contribution < 1.29 is 0 Å². The van der Waals surface area contributed by atoms with Crippen LogP contribution in [0.15, 0.2) is 30.3 Å². The van der Waals surface area contributed by atoms with E-state index >= 15 is 0 Å². The fraction of sp³-hybridized carbons (Fsp3) is 0.647.